The fourth-order valence-electron chi connectivity index (χ4n) is 2.61. The van der Waals surface area contributed by atoms with Crippen molar-refractivity contribution >= 4 is 44.1 Å². The Kier molecular flexibility index (Phi) is 5.94. The summed E-state index contributed by atoms with van der Waals surface area (Å²) in [6.45, 7) is 0. The minimum atomic E-state index is -1.65. The normalized spacial score (nSPS) is 10.7. The predicted octanol–water partition coefficient (Wildman–Crippen LogP) is 5.55. The number of carboxylic acids is 1. The Labute approximate surface area is 174 Å². The van der Waals surface area contributed by atoms with Gasteiger partial charge in [0, 0.05) is 15.4 Å². The van der Waals surface area contributed by atoms with Crippen molar-refractivity contribution in [3.8, 4) is 16.9 Å². The minimum absolute atomic E-state index is 0.101. The molecule has 0 radical (unpaired) electrons. The SMILES string of the molecule is COc1c(F)cc(C(=O)Nc2scc(-c3ccc(Br)cc3)c2C(=O)O)c(F)c1F. The molecule has 0 saturated carbocycles. The van der Waals surface area contributed by atoms with Gasteiger partial charge in [-0.25, -0.2) is 13.6 Å². The lowest BCUT2D eigenvalue weighted by molar-refractivity contribution is 0.0699. The number of rotatable bonds is 5. The maximum absolute atomic E-state index is 14.1. The van der Waals surface area contributed by atoms with Gasteiger partial charge in [0.1, 0.15) is 10.6 Å². The quantitative estimate of drug-likeness (QED) is 0.464. The monoisotopic (exact) mass is 485 g/mol. The minimum Gasteiger partial charge on any atom is -0.491 e. The molecule has 0 saturated heterocycles. The molecule has 5 nitrogen and oxygen atoms in total. The summed E-state index contributed by atoms with van der Waals surface area (Å²) in [5, 5.41) is 13.2. The largest absolute Gasteiger partial charge is 0.491 e. The van der Waals surface area contributed by atoms with Crippen LogP contribution in [-0.4, -0.2) is 24.1 Å². The molecule has 1 aromatic heterocycles. The third-order valence-corrected chi connectivity index (χ3v) is 5.38. The van der Waals surface area contributed by atoms with Crippen LogP contribution in [0.2, 0.25) is 0 Å². The lowest BCUT2D eigenvalue weighted by atomic mass is 10.0. The molecule has 3 aromatic rings. The van der Waals surface area contributed by atoms with E-state index in [4.69, 9.17) is 0 Å². The summed E-state index contributed by atoms with van der Waals surface area (Å²) in [6.07, 6.45) is 0. The predicted molar refractivity (Wildman–Crippen MR) is 105 cm³/mol. The van der Waals surface area contributed by atoms with E-state index in [9.17, 15) is 27.9 Å². The van der Waals surface area contributed by atoms with Crippen molar-refractivity contribution in [3.63, 3.8) is 0 Å². The van der Waals surface area contributed by atoms with Gasteiger partial charge < -0.3 is 15.2 Å². The van der Waals surface area contributed by atoms with Crippen molar-refractivity contribution in [1.29, 1.82) is 0 Å². The molecule has 0 bridgehead atoms. The van der Waals surface area contributed by atoms with Gasteiger partial charge in [-0.3, -0.25) is 4.79 Å². The van der Waals surface area contributed by atoms with Gasteiger partial charge in [-0.2, -0.15) is 4.39 Å². The van der Waals surface area contributed by atoms with Crippen LogP contribution in [0.4, 0.5) is 18.2 Å². The summed E-state index contributed by atoms with van der Waals surface area (Å²) in [7, 11) is 0.953. The summed E-state index contributed by atoms with van der Waals surface area (Å²) >= 11 is 4.17. The van der Waals surface area contributed by atoms with E-state index >= 15 is 0 Å². The molecule has 10 heteroatoms. The van der Waals surface area contributed by atoms with Crippen LogP contribution in [0.5, 0.6) is 5.75 Å². The second-order valence-corrected chi connectivity index (χ2v) is 7.48. The number of carboxylic acid groups (broad SMARTS) is 1. The third-order valence-electron chi connectivity index (χ3n) is 3.95. The van der Waals surface area contributed by atoms with Crippen LogP contribution in [0.25, 0.3) is 11.1 Å². The molecule has 2 aromatic carbocycles. The number of hydrogen-bond acceptors (Lipinski definition) is 4. The molecule has 0 atom stereocenters. The number of carbonyl (C=O) groups excluding carboxylic acids is 1. The number of anilines is 1. The van der Waals surface area contributed by atoms with Gasteiger partial charge in [0.2, 0.25) is 5.82 Å². The maximum Gasteiger partial charge on any atom is 0.339 e. The molecule has 2 N–H and O–H groups in total. The summed E-state index contributed by atoms with van der Waals surface area (Å²) < 4.78 is 47.1. The number of ether oxygens (including phenoxy) is 1. The van der Waals surface area contributed by atoms with E-state index in [1.807, 2.05) is 0 Å². The molecule has 0 fully saturated rings. The fourth-order valence-corrected chi connectivity index (χ4v) is 3.83. The number of nitrogens with one attached hydrogen (secondary N) is 1. The van der Waals surface area contributed by atoms with Gasteiger partial charge in [0.15, 0.2) is 17.4 Å². The van der Waals surface area contributed by atoms with Crippen LogP contribution in [0.3, 0.4) is 0 Å². The molecular formula is C19H11BrF3NO4S. The van der Waals surface area contributed by atoms with Gasteiger partial charge in [0.05, 0.1) is 12.7 Å². The summed E-state index contributed by atoms with van der Waals surface area (Å²) in [6, 6.07) is 7.27. The van der Waals surface area contributed by atoms with Gasteiger partial charge in [-0.15, -0.1) is 11.3 Å². The molecule has 0 unspecified atom stereocenters. The highest BCUT2D eigenvalue weighted by atomic mass is 79.9. The molecule has 0 aliphatic rings. The van der Waals surface area contributed by atoms with Crippen LogP contribution in [0, 0.1) is 17.5 Å². The topological polar surface area (TPSA) is 75.6 Å². The number of methoxy groups -OCH3 is 1. The molecule has 1 amide bonds. The summed E-state index contributed by atoms with van der Waals surface area (Å²) in [5.41, 5.74) is -0.232. The molecule has 29 heavy (non-hydrogen) atoms. The van der Waals surface area contributed by atoms with E-state index in [-0.39, 0.29) is 10.6 Å². The van der Waals surface area contributed by atoms with Gasteiger partial charge in [-0.05, 0) is 23.8 Å². The van der Waals surface area contributed by atoms with Crippen molar-refractivity contribution in [3.05, 3.63) is 68.8 Å². The Morgan fingerprint density at radius 2 is 1.79 bits per heavy atom. The first-order valence-corrected chi connectivity index (χ1v) is 9.55. The number of benzene rings is 2. The Morgan fingerprint density at radius 1 is 1.14 bits per heavy atom. The Bertz CT molecular complexity index is 1120. The van der Waals surface area contributed by atoms with E-state index < -0.39 is 40.6 Å². The first kappa shape index (κ1) is 20.9. The van der Waals surface area contributed by atoms with E-state index in [1.165, 1.54) is 5.38 Å². The van der Waals surface area contributed by atoms with Crippen LogP contribution < -0.4 is 10.1 Å². The van der Waals surface area contributed by atoms with E-state index in [1.54, 1.807) is 24.3 Å². The fraction of sp³-hybridized carbons (Fsp3) is 0.0526. The lowest BCUT2D eigenvalue weighted by Gasteiger charge is -2.10. The number of thiophene rings is 1. The molecule has 150 valence electrons. The van der Waals surface area contributed by atoms with Crippen LogP contribution in [0.1, 0.15) is 20.7 Å². The smallest absolute Gasteiger partial charge is 0.339 e. The molecule has 0 spiro atoms. The lowest BCUT2D eigenvalue weighted by Crippen LogP contribution is -2.17. The van der Waals surface area contributed by atoms with Crippen LogP contribution >= 0.6 is 27.3 Å². The molecule has 3 rings (SSSR count). The number of aromatic carboxylic acids is 1. The van der Waals surface area contributed by atoms with Crippen LogP contribution in [-0.2, 0) is 0 Å². The second-order valence-electron chi connectivity index (χ2n) is 5.69. The summed E-state index contributed by atoms with van der Waals surface area (Å²) in [5.74, 6) is -8.02. The van der Waals surface area contributed by atoms with Gasteiger partial charge in [0.25, 0.3) is 5.91 Å². The highest BCUT2D eigenvalue weighted by Gasteiger charge is 2.26. The average molecular weight is 486 g/mol. The Hall–Kier alpha value is -2.85. The molecule has 1 heterocycles. The average Bonchev–Trinajstić information content (AvgIpc) is 3.09. The van der Waals surface area contributed by atoms with Crippen molar-refractivity contribution in [1.82, 2.24) is 0 Å². The number of halogens is 4. The van der Waals surface area contributed by atoms with E-state index in [0.717, 1.165) is 22.9 Å². The summed E-state index contributed by atoms with van der Waals surface area (Å²) in [4.78, 5) is 24.1. The second kappa shape index (κ2) is 8.26. The first-order chi connectivity index (χ1) is 13.7. The number of carbonyl (C=O) groups is 2. The zero-order valence-corrected chi connectivity index (χ0v) is 17.0. The van der Waals surface area contributed by atoms with Crippen LogP contribution in [0.15, 0.2) is 40.2 Å². The Balaban J connectivity index is 2.00. The van der Waals surface area contributed by atoms with Crippen molar-refractivity contribution in [2.75, 3.05) is 12.4 Å². The zero-order valence-electron chi connectivity index (χ0n) is 14.6. The zero-order chi connectivity index (χ0) is 21.3. The first-order valence-electron chi connectivity index (χ1n) is 7.88. The highest BCUT2D eigenvalue weighted by Crippen LogP contribution is 2.36. The van der Waals surface area contributed by atoms with Crippen molar-refractivity contribution < 1.29 is 32.6 Å². The van der Waals surface area contributed by atoms with Crippen molar-refractivity contribution in [2.45, 2.75) is 0 Å². The highest BCUT2D eigenvalue weighted by molar-refractivity contribution is 9.10. The van der Waals surface area contributed by atoms with Crippen molar-refractivity contribution in [2.24, 2.45) is 0 Å². The van der Waals surface area contributed by atoms with Gasteiger partial charge >= 0.3 is 5.97 Å². The molecule has 0 aliphatic carbocycles. The Morgan fingerprint density at radius 3 is 2.38 bits per heavy atom. The maximum atomic E-state index is 14.1. The molecule has 0 aliphatic heterocycles. The third kappa shape index (κ3) is 3.99. The van der Waals surface area contributed by atoms with E-state index in [2.05, 4.69) is 26.0 Å². The number of hydrogen-bond donors (Lipinski definition) is 2. The number of amides is 1. The molecular weight excluding hydrogens is 475 g/mol. The van der Waals surface area contributed by atoms with Gasteiger partial charge in [-0.1, -0.05) is 28.1 Å². The van der Waals surface area contributed by atoms with E-state index in [0.29, 0.717) is 17.2 Å². The standard InChI is InChI=1S/C19H11BrF3NO4S/c1-28-16-12(21)6-10(14(22)15(16)23)17(25)24-18-13(19(26)27)11(7-29-18)8-2-4-9(20)5-3-8/h2-7H,1H3,(H,24,25)(H,26,27).